The summed E-state index contributed by atoms with van der Waals surface area (Å²) < 4.78 is 5.16. The van der Waals surface area contributed by atoms with Crippen LogP contribution < -0.4 is 11.1 Å². The molecule has 3 rings (SSSR count). The fourth-order valence-corrected chi connectivity index (χ4v) is 2.02. The van der Waals surface area contributed by atoms with E-state index in [4.69, 9.17) is 21.9 Å². The lowest BCUT2D eigenvalue weighted by atomic mass is 10.2. The van der Waals surface area contributed by atoms with E-state index < -0.39 is 5.54 Å². The van der Waals surface area contributed by atoms with Gasteiger partial charge in [0.1, 0.15) is 0 Å². The van der Waals surface area contributed by atoms with Gasteiger partial charge in [0, 0.05) is 23.6 Å². The average Bonchev–Trinajstić information content (AvgIpc) is 3.06. The van der Waals surface area contributed by atoms with Crippen LogP contribution in [0.3, 0.4) is 0 Å². The van der Waals surface area contributed by atoms with E-state index in [-0.39, 0.29) is 18.3 Å². The quantitative estimate of drug-likeness (QED) is 0.866. The highest BCUT2D eigenvalue weighted by Crippen LogP contribution is 2.31. The SMILES string of the molecule is Cl.NC1(C(=O)NCCc2nc(-c3ccc(Cl)cc3)no2)CC1. The standard InChI is InChI=1S/C14H15ClN4O2.ClH/c15-10-3-1-9(2-4-10)12-18-11(21-19-12)5-8-17-13(20)14(16)6-7-14;/h1-4H,5-8,16H2,(H,17,20);1H. The summed E-state index contributed by atoms with van der Waals surface area (Å²) in [5.74, 6) is 0.868. The van der Waals surface area contributed by atoms with Crippen molar-refractivity contribution in [3.05, 3.63) is 35.2 Å². The molecule has 0 atom stereocenters. The van der Waals surface area contributed by atoms with Crippen LogP contribution >= 0.6 is 24.0 Å². The lowest BCUT2D eigenvalue weighted by molar-refractivity contribution is -0.123. The predicted molar refractivity (Wildman–Crippen MR) is 84.9 cm³/mol. The molecule has 1 saturated carbocycles. The van der Waals surface area contributed by atoms with Crippen molar-refractivity contribution >= 4 is 29.9 Å². The molecule has 1 aromatic carbocycles. The number of carbonyl (C=O) groups is 1. The van der Waals surface area contributed by atoms with Crippen LogP contribution in [-0.4, -0.2) is 28.1 Å². The first-order valence-corrected chi connectivity index (χ1v) is 7.10. The number of rotatable bonds is 5. The summed E-state index contributed by atoms with van der Waals surface area (Å²) >= 11 is 5.83. The van der Waals surface area contributed by atoms with Crippen LogP contribution in [0.4, 0.5) is 0 Å². The summed E-state index contributed by atoms with van der Waals surface area (Å²) in [5, 5.41) is 7.34. The molecule has 2 aromatic rings. The Balaban J connectivity index is 0.00000176. The molecule has 0 spiro atoms. The number of amides is 1. The van der Waals surface area contributed by atoms with Crippen LogP contribution in [0, 0.1) is 0 Å². The molecular formula is C14H16Cl2N4O2. The monoisotopic (exact) mass is 342 g/mol. The second-order valence-electron chi connectivity index (χ2n) is 5.18. The maximum Gasteiger partial charge on any atom is 0.240 e. The summed E-state index contributed by atoms with van der Waals surface area (Å²) in [4.78, 5) is 15.9. The smallest absolute Gasteiger partial charge is 0.240 e. The van der Waals surface area contributed by atoms with E-state index in [2.05, 4.69) is 15.5 Å². The van der Waals surface area contributed by atoms with Crippen molar-refractivity contribution in [3.63, 3.8) is 0 Å². The Morgan fingerprint density at radius 2 is 2.05 bits per heavy atom. The van der Waals surface area contributed by atoms with E-state index in [1.165, 1.54) is 0 Å². The molecule has 1 aliphatic carbocycles. The first-order valence-electron chi connectivity index (χ1n) is 6.72. The zero-order valence-corrected chi connectivity index (χ0v) is 13.3. The van der Waals surface area contributed by atoms with Gasteiger partial charge in [0.15, 0.2) is 0 Å². The highest BCUT2D eigenvalue weighted by molar-refractivity contribution is 6.30. The first kappa shape index (κ1) is 16.7. The van der Waals surface area contributed by atoms with Crippen LogP contribution in [-0.2, 0) is 11.2 Å². The number of aromatic nitrogens is 2. The minimum Gasteiger partial charge on any atom is -0.354 e. The number of nitrogens with one attached hydrogen (secondary N) is 1. The van der Waals surface area contributed by atoms with Crippen LogP contribution in [0.5, 0.6) is 0 Å². The van der Waals surface area contributed by atoms with Crippen LogP contribution in [0.2, 0.25) is 5.02 Å². The molecule has 1 aliphatic rings. The third-order valence-electron chi connectivity index (χ3n) is 3.44. The van der Waals surface area contributed by atoms with E-state index in [0.717, 1.165) is 18.4 Å². The van der Waals surface area contributed by atoms with E-state index in [1.54, 1.807) is 12.1 Å². The summed E-state index contributed by atoms with van der Waals surface area (Å²) in [7, 11) is 0. The van der Waals surface area contributed by atoms with Crippen LogP contribution in [0.1, 0.15) is 18.7 Å². The van der Waals surface area contributed by atoms with Gasteiger partial charge in [-0.3, -0.25) is 4.79 Å². The number of carbonyl (C=O) groups excluding carboxylic acids is 1. The fourth-order valence-electron chi connectivity index (χ4n) is 1.89. The minimum atomic E-state index is -0.649. The Bertz CT molecular complexity index is 653. The van der Waals surface area contributed by atoms with Crippen molar-refractivity contribution in [2.24, 2.45) is 5.73 Å². The molecule has 0 aliphatic heterocycles. The minimum absolute atomic E-state index is 0. The lowest BCUT2D eigenvalue weighted by Gasteiger charge is -2.08. The van der Waals surface area contributed by atoms with Gasteiger partial charge in [0.2, 0.25) is 17.6 Å². The summed E-state index contributed by atoms with van der Waals surface area (Å²) in [6.07, 6.45) is 1.97. The van der Waals surface area contributed by atoms with Crippen molar-refractivity contribution in [1.29, 1.82) is 0 Å². The van der Waals surface area contributed by atoms with E-state index in [9.17, 15) is 4.79 Å². The molecule has 0 radical (unpaired) electrons. The molecule has 0 saturated heterocycles. The van der Waals surface area contributed by atoms with Crippen molar-refractivity contribution in [3.8, 4) is 11.4 Å². The summed E-state index contributed by atoms with van der Waals surface area (Å²) in [6.45, 7) is 0.431. The molecular weight excluding hydrogens is 327 g/mol. The number of benzene rings is 1. The number of halogens is 2. The van der Waals surface area contributed by atoms with Crippen molar-refractivity contribution in [1.82, 2.24) is 15.5 Å². The number of nitrogens with zero attached hydrogens (tertiary/aromatic N) is 2. The number of hydrogen-bond donors (Lipinski definition) is 2. The van der Waals surface area contributed by atoms with Gasteiger partial charge in [0.05, 0.1) is 5.54 Å². The topological polar surface area (TPSA) is 94.0 Å². The molecule has 8 heteroatoms. The number of hydrogen-bond acceptors (Lipinski definition) is 5. The molecule has 118 valence electrons. The van der Waals surface area contributed by atoms with Gasteiger partial charge in [-0.05, 0) is 37.1 Å². The molecule has 1 heterocycles. The Morgan fingerprint density at radius 3 is 2.68 bits per heavy atom. The Labute approximate surface area is 138 Å². The second-order valence-corrected chi connectivity index (χ2v) is 5.62. The zero-order chi connectivity index (χ0) is 14.9. The van der Waals surface area contributed by atoms with Gasteiger partial charge in [0.25, 0.3) is 0 Å². The number of nitrogens with two attached hydrogens (primary N) is 1. The predicted octanol–water partition coefficient (Wildman–Crippen LogP) is 1.96. The molecule has 0 unspecified atom stereocenters. The Hall–Kier alpha value is -1.63. The third kappa shape index (κ3) is 3.76. The molecule has 1 fully saturated rings. The summed E-state index contributed by atoms with van der Waals surface area (Å²) in [5.41, 5.74) is 5.97. The van der Waals surface area contributed by atoms with E-state index in [1.807, 2.05) is 12.1 Å². The molecule has 6 nitrogen and oxygen atoms in total. The zero-order valence-electron chi connectivity index (χ0n) is 11.7. The molecule has 22 heavy (non-hydrogen) atoms. The largest absolute Gasteiger partial charge is 0.354 e. The van der Waals surface area contributed by atoms with Crippen LogP contribution in [0.25, 0.3) is 11.4 Å². The van der Waals surface area contributed by atoms with Gasteiger partial charge >= 0.3 is 0 Å². The van der Waals surface area contributed by atoms with Gasteiger partial charge in [-0.25, -0.2) is 0 Å². The normalized spacial score (nSPS) is 15.0. The van der Waals surface area contributed by atoms with Gasteiger partial charge in [-0.15, -0.1) is 12.4 Å². The maximum absolute atomic E-state index is 11.7. The Kier molecular flexibility index (Phi) is 5.05. The molecule has 3 N–H and O–H groups in total. The van der Waals surface area contributed by atoms with E-state index in [0.29, 0.717) is 29.7 Å². The summed E-state index contributed by atoms with van der Waals surface area (Å²) in [6, 6.07) is 7.18. The van der Waals surface area contributed by atoms with Crippen molar-refractivity contribution in [2.75, 3.05) is 6.54 Å². The highest BCUT2D eigenvalue weighted by atomic mass is 35.5. The average molecular weight is 343 g/mol. The van der Waals surface area contributed by atoms with E-state index >= 15 is 0 Å². The van der Waals surface area contributed by atoms with Gasteiger partial charge in [-0.2, -0.15) is 4.98 Å². The van der Waals surface area contributed by atoms with Crippen molar-refractivity contribution < 1.29 is 9.32 Å². The maximum atomic E-state index is 11.7. The second kappa shape index (κ2) is 6.64. The first-order chi connectivity index (χ1) is 10.1. The highest BCUT2D eigenvalue weighted by Gasteiger charge is 2.45. The van der Waals surface area contributed by atoms with Gasteiger partial charge in [-0.1, -0.05) is 16.8 Å². The van der Waals surface area contributed by atoms with Crippen molar-refractivity contribution in [2.45, 2.75) is 24.8 Å². The molecule has 1 amide bonds. The Morgan fingerprint density at radius 1 is 1.36 bits per heavy atom. The lowest BCUT2D eigenvalue weighted by Crippen LogP contribution is -2.43. The van der Waals surface area contributed by atoms with Gasteiger partial charge < -0.3 is 15.6 Å². The third-order valence-corrected chi connectivity index (χ3v) is 3.69. The molecule has 1 aromatic heterocycles. The fraction of sp³-hybridized carbons (Fsp3) is 0.357. The van der Waals surface area contributed by atoms with Crippen LogP contribution in [0.15, 0.2) is 28.8 Å². The molecule has 0 bridgehead atoms.